The van der Waals surface area contributed by atoms with Gasteiger partial charge < -0.3 is 10.6 Å². The van der Waals surface area contributed by atoms with Crippen LogP contribution in [-0.2, 0) is 9.59 Å². The summed E-state index contributed by atoms with van der Waals surface area (Å²) in [5.74, 6) is -0.823. The minimum absolute atomic E-state index is 0.00285. The number of rotatable bonds is 8. The van der Waals surface area contributed by atoms with Crippen molar-refractivity contribution in [2.45, 2.75) is 12.6 Å². The van der Waals surface area contributed by atoms with Crippen molar-refractivity contribution in [2.75, 3.05) is 43.0 Å². The summed E-state index contributed by atoms with van der Waals surface area (Å²) in [6, 6.07) is 5.34. The van der Waals surface area contributed by atoms with Gasteiger partial charge in [-0.25, -0.2) is 4.39 Å². The molecule has 1 aliphatic rings. The van der Waals surface area contributed by atoms with Crippen molar-refractivity contribution in [1.82, 2.24) is 10.2 Å². The van der Waals surface area contributed by atoms with Gasteiger partial charge in [-0.1, -0.05) is 0 Å². The van der Waals surface area contributed by atoms with Crippen molar-refractivity contribution < 1.29 is 27.2 Å². The summed E-state index contributed by atoms with van der Waals surface area (Å²) < 4.78 is 49.8. The quantitative estimate of drug-likeness (QED) is 0.650. The van der Waals surface area contributed by atoms with Crippen LogP contribution in [-0.4, -0.2) is 60.6 Å². The maximum atomic E-state index is 12.8. The molecule has 1 aliphatic heterocycles. The first-order valence-electron chi connectivity index (χ1n) is 8.40. The van der Waals surface area contributed by atoms with Gasteiger partial charge >= 0.3 is 6.18 Å². The normalized spacial score (nSPS) is 17.7. The van der Waals surface area contributed by atoms with Crippen LogP contribution in [0.25, 0.3) is 0 Å². The molecule has 1 saturated heterocycles. The predicted octanol–water partition coefficient (Wildman–Crippen LogP) is 2.50. The third-order valence-corrected chi connectivity index (χ3v) is 4.89. The molecule has 2 amide bonds. The van der Waals surface area contributed by atoms with E-state index in [1.807, 2.05) is 0 Å². The number of hydrogen-bond donors (Lipinski definition) is 2. The number of thioether (sulfide) groups is 1. The van der Waals surface area contributed by atoms with Crippen molar-refractivity contribution in [1.29, 1.82) is 0 Å². The number of nitrogens with zero attached hydrogens (tertiary/aromatic N) is 1. The molecule has 0 saturated carbocycles. The second-order valence-corrected chi connectivity index (χ2v) is 7.34. The van der Waals surface area contributed by atoms with Crippen LogP contribution in [0.2, 0.25) is 0 Å². The van der Waals surface area contributed by atoms with E-state index >= 15 is 0 Å². The smallest absolute Gasteiger partial charge is 0.355 e. The third kappa shape index (κ3) is 8.61. The Kier molecular flexibility index (Phi) is 7.91. The molecule has 1 aromatic rings. The van der Waals surface area contributed by atoms with Gasteiger partial charge in [0.15, 0.2) is 0 Å². The number of nitrogens with one attached hydrogen (secondary N) is 2. The van der Waals surface area contributed by atoms with Crippen LogP contribution in [0.4, 0.5) is 23.2 Å². The predicted molar refractivity (Wildman–Crippen MR) is 96.0 cm³/mol. The van der Waals surface area contributed by atoms with Crippen molar-refractivity contribution in [3.05, 3.63) is 30.1 Å². The number of likely N-dealkylation sites (tertiary alicyclic amines) is 1. The van der Waals surface area contributed by atoms with E-state index in [-0.39, 0.29) is 29.2 Å². The lowest BCUT2D eigenvalue weighted by atomic mass is 10.1. The number of hydrogen-bond acceptors (Lipinski definition) is 4. The molecular weight excluding hydrogens is 386 g/mol. The van der Waals surface area contributed by atoms with Crippen LogP contribution in [0.1, 0.15) is 6.42 Å². The van der Waals surface area contributed by atoms with Gasteiger partial charge in [0, 0.05) is 18.8 Å². The first-order chi connectivity index (χ1) is 12.7. The molecule has 1 atom stereocenters. The average Bonchev–Trinajstić information content (AvgIpc) is 3.00. The van der Waals surface area contributed by atoms with Crippen molar-refractivity contribution in [3.63, 3.8) is 0 Å². The molecule has 1 heterocycles. The van der Waals surface area contributed by atoms with Crippen molar-refractivity contribution in [3.8, 4) is 0 Å². The van der Waals surface area contributed by atoms with Gasteiger partial charge in [0.1, 0.15) is 5.82 Å². The van der Waals surface area contributed by atoms with Crippen molar-refractivity contribution >= 4 is 29.3 Å². The highest BCUT2D eigenvalue weighted by Crippen LogP contribution is 2.22. The standard InChI is InChI=1S/C17H21F4N3O2S/c18-13-1-3-14(4-2-13)23-16(26)10-27-9-15(25)22-7-12-5-6-24(8-12)11-17(19,20)21/h1-4,12H,5-11H2,(H,22,25)(H,23,26). The number of carbonyl (C=O) groups is 2. The SMILES string of the molecule is O=C(CSCC(=O)Nc1ccc(F)cc1)NCC1CCN(CC(F)(F)F)C1. The highest BCUT2D eigenvalue weighted by Gasteiger charge is 2.34. The molecule has 10 heteroatoms. The summed E-state index contributed by atoms with van der Waals surface area (Å²) in [6.45, 7) is 0.0946. The van der Waals surface area contributed by atoms with Gasteiger partial charge in [0.25, 0.3) is 0 Å². The fourth-order valence-corrected chi connectivity index (χ4v) is 3.40. The highest BCUT2D eigenvalue weighted by molar-refractivity contribution is 8.00. The summed E-state index contributed by atoms with van der Waals surface area (Å²) in [4.78, 5) is 24.9. The molecule has 0 radical (unpaired) electrons. The lowest BCUT2D eigenvalue weighted by Crippen LogP contribution is -2.35. The number of amides is 2. The van der Waals surface area contributed by atoms with E-state index in [0.29, 0.717) is 31.7 Å². The molecule has 150 valence electrons. The summed E-state index contributed by atoms with van der Waals surface area (Å²) in [5.41, 5.74) is 0.469. The zero-order chi connectivity index (χ0) is 19.9. The van der Waals surface area contributed by atoms with E-state index in [1.165, 1.54) is 29.2 Å². The van der Waals surface area contributed by atoms with E-state index in [2.05, 4.69) is 10.6 Å². The van der Waals surface area contributed by atoms with E-state index in [9.17, 15) is 27.2 Å². The molecule has 1 unspecified atom stereocenters. The molecule has 0 aliphatic carbocycles. The molecule has 0 bridgehead atoms. The van der Waals surface area contributed by atoms with Gasteiger partial charge in [-0.15, -0.1) is 11.8 Å². The zero-order valence-corrected chi connectivity index (χ0v) is 15.3. The Morgan fingerprint density at radius 2 is 1.81 bits per heavy atom. The lowest BCUT2D eigenvalue weighted by Gasteiger charge is -2.18. The van der Waals surface area contributed by atoms with Crippen molar-refractivity contribution in [2.24, 2.45) is 5.92 Å². The molecule has 0 spiro atoms. The van der Waals surface area contributed by atoms with Gasteiger partial charge in [-0.05, 0) is 43.1 Å². The Bertz CT molecular complexity index is 640. The molecular formula is C17H21F4N3O2S. The Balaban J connectivity index is 1.57. The van der Waals surface area contributed by atoms with Gasteiger partial charge in [-0.2, -0.15) is 13.2 Å². The maximum absolute atomic E-state index is 12.8. The maximum Gasteiger partial charge on any atom is 0.401 e. The topological polar surface area (TPSA) is 61.4 Å². The monoisotopic (exact) mass is 407 g/mol. The van der Waals surface area contributed by atoms with Crippen LogP contribution in [0.15, 0.2) is 24.3 Å². The molecule has 27 heavy (non-hydrogen) atoms. The largest absolute Gasteiger partial charge is 0.401 e. The zero-order valence-electron chi connectivity index (χ0n) is 14.5. The number of halogens is 4. The second kappa shape index (κ2) is 9.93. The van der Waals surface area contributed by atoms with E-state index in [1.54, 1.807) is 0 Å². The number of carbonyl (C=O) groups excluding carboxylic acids is 2. The Morgan fingerprint density at radius 3 is 2.48 bits per heavy atom. The highest BCUT2D eigenvalue weighted by atomic mass is 32.2. The van der Waals surface area contributed by atoms with E-state index in [0.717, 1.165) is 11.8 Å². The van der Waals surface area contributed by atoms with Crippen LogP contribution in [0.3, 0.4) is 0 Å². The Morgan fingerprint density at radius 1 is 1.15 bits per heavy atom. The van der Waals surface area contributed by atoms with E-state index in [4.69, 9.17) is 0 Å². The van der Waals surface area contributed by atoms with Gasteiger partial charge in [0.05, 0.1) is 18.1 Å². The molecule has 2 rings (SSSR count). The minimum Gasteiger partial charge on any atom is -0.355 e. The molecule has 1 aromatic carbocycles. The number of anilines is 1. The average molecular weight is 407 g/mol. The number of alkyl halides is 3. The fourth-order valence-electron chi connectivity index (χ4n) is 2.75. The minimum atomic E-state index is -4.21. The Hall–Kier alpha value is -1.81. The lowest BCUT2D eigenvalue weighted by molar-refractivity contribution is -0.143. The third-order valence-electron chi connectivity index (χ3n) is 3.96. The van der Waals surface area contributed by atoms with Crippen LogP contribution in [0.5, 0.6) is 0 Å². The molecule has 0 aromatic heterocycles. The molecule has 1 fully saturated rings. The van der Waals surface area contributed by atoms with Gasteiger partial charge in [-0.3, -0.25) is 14.5 Å². The molecule has 5 nitrogen and oxygen atoms in total. The van der Waals surface area contributed by atoms with Crippen LogP contribution < -0.4 is 10.6 Å². The first-order valence-corrected chi connectivity index (χ1v) is 9.56. The van der Waals surface area contributed by atoms with Crippen LogP contribution >= 0.6 is 11.8 Å². The summed E-state index contributed by atoms with van der Waals surface area (Å²) >= 11 is 1.13. The summed E-state index contributed by atoms with van der Waals surface area (Å²) in [6.07, 6.45) is -3.59. The van der Waals surface area contributed by atoms with Gasteiger partial charge in [0.2, 0.25) is 11.8 Å². The van der Waals surface area contributed by atoms with Crippen LogP contribution in [0, 0.1) is 11.7 Å². The summed E-state index contributed by atoms with van der Waals surface area (Å²) in [5, 5.41) is 5.28. The van der Waals surface area contributed by atoms with E-state index < -0.39 is 18.5 Å². The second-order valence-electron chi connectivity index (χ2n) is 6.36. The first kappa shape index (κ1) is 21.5. The fraction of sp³-hybridized carbons (Fsp3) is 0.529. The Labute approximate surface area is 158 Å². The number of benzene rings is 1. The molecule has 2 N–H and O–H groups in total. The summed E-state index contributed by atoms with van der Waals surface area (Å²) in [7, 11) is 0.